The van der Waals surface area contributed by atoms with Crippen molar-refractivity contribution in [3.8, 4) is 11.5 Å². The number of ether oxygens (including phenoxy) is 2. The molecule has 1 fully saturated rings. The third-order valence-corrected chi connectivity index (χ3v) is 6.71. The minimum atomic E-state index is -0.317. The molecule has 0 unspecified atom stereocenters. The van der Waals surface area contributed by atoms with Gasteiger partial charge in [-0.05, 0) is 54.8 Å². The zero-order valence-electron chi connectivity index (χ0n) is 20.3. The number of carbonyl (C=O) groups excluding carboxylic acids is 1. The van der Waals surface area contributed by atoms with Gasteiger partial charge in [-0.2, -0.15) is 0 Å². The predicted octanol–water partition coefficient (Wildman–Crippen LogP) is 6.88. The van der Waals surface area contributed by atoms with Crippen LogP contribution in [0.3, 0.4) is 0 Å². The molecule has 0 saturated heterocycles. The van der Waals surface area contributed by atoms with Crippen molar-refractivity contribution >= 4 is 45.6 Å². The van der Waals surface area contributed by atoms with E-state index in [0.717, 1.165) is 25.7 Å². The summed E-state index contributed by atoms with van der Waals surface area (Å²) in [6.45, 7) is 0.192. The van der Waals surface area contributed by atoms with E-state index in [4.69, 9.17) is 21.1 Å². The van der Waals surface area contributed by atoms with Crippen LogP contribution in [-0.2, 0) is 11.4 Å². The van der Waals surface area contributed by atoms with Gasteiger partial charge in [-0.15, -0.1) is 0 Å². The minimum Gasteiger partial charge on any atom is -0.494 e. The van der Waals surface area contributed by atoms with Crippen molar-refractivity contribution in [1.82, 2.24) is 9.97 Å². The van der Waals surface area contributed by atoms with Crippen molar-refractivity contribution in [3.05, 3.63) is 77.3 Å². The number of carbonyl (C=O) groups is 1. The SMILES string of the molecule is COc1cc2ncnc(Nc3ccc(OCc4cccc(F)c4)c(Cl)c3)c2cc1NC(=O)C1CCCC1. The van der Waals surface area contributed by atoms with Gasteiger partial charge in [-0.25, -0.2) is 14.4 Å². The summed E-state index contributed by atoms with van der Waals surface area (Å²) in [7, 11) is 1.56. The van der Waals surface area contributed by atoms with E-state index in [1.54, 1.807) is 37.4 Å². The Balaban J connectivity index is 1.36. The molecule has 7 nitrogen and oxygen atoms in total. The highest BCUT2D eigenvalue weighted by molar-refractivity contribution is 6.32. The van der Waals surface area contributed by atoms with Gasteiger partial charge in [0.2, 0.25) is 5.91 Å². The van der Waals surface area contributed by atoms with Gasteiger partial charge in [0.1, 0.15) is 36.1 Å². The lowest BCUT2D eigenvalue weighted by atomic mass is 10.1. The van der Waals surface area contributed by atoms with Crippen molar-refractivity contribution < 1.29 is 18.7 Å². The maximum atomic E-state index is 13.4. The number of hydrogen-bond donors (Lipinski definition) is 2. The number of nitrogens with zero attached hydrogens (tertiary/aromatic N) is 2. The first-order chi connectivity index (χ1) is 18.0. The fraction of sp³-hybridized carbons (Fsp3) is 0.250. The molecular formula is C28H26ClFN4O3. The van der Waals surface area contributed by atoms with E-state index in [1.807, 2.05) is 12.1 Å². The van der Waals surface area contributed by atoms with Gasteiger partial charge in [0, 0.05) is 23.1 Å². The second kappa shape index (κ2) is 11.0. The standard InChI is InChI=1S/C28H26ClFN4O3/c1-36-26-14-23-21(13-24(26)34-28(35)18-6-2-3-7-18)27(32-16-31-23)33-20-9-10-25(22(29)12-20)37-15-17-5-4-8-19(30)11-17/h4-5,8-14,16,18H,2-3,6-7,15H2,1H3,(H,34,35)(H,31,32,33). The Kier molecular flexibility index (Phi) is 7.37. The molecule has 2 N–H and O–H groups in total. The van der Waals surface area contributed by atoms with Crippen molar-refractivity contribution in [2.45, 2.75) is 32.3 Å². The van der Waals surface area contributed by atoms with Crippen LogP contribution in [0.25, 0.3) is 10.9 Å². The number of halogens is 2. The number of rotatable bonds is 8. The van der Waals surface area contributed by atoms with Crippen LogP contribution < -0.4 is 20.1 Å². The number of aromatic nitrogens is 2. The third kappa shape index (κ3) is 5.75. The molecule has 1 heterocycles. The highest BCUT2D eigenvalue weighted by Gasteiger charge is 2.24. The van der Waals surface area contributed by atoms with Crippen molar-refractivity contribution in [3.63, 3.8) is 0 Å². The van der Waals surface area contributed by atoms with Gasteiger partial charge in [0.25, 0.3) is 0 Å². The van der Waals surface area contributed by atoms with E-state index in [1.165, 1.54) is 18.5 Å². The largest absolute Gasteiger partial charge is 0.494 e. The van der Waals surface area contributed by atoms with Crippen LogP contribution in [0.4, 0.5) is 21.6 Å². The van der Waals surface area contributed by atoms with Gasteiger partial charge in [-0.3, -0.25) is 4.79 Å². The lowest BCUT2D eigenvalue weighted by Crippen LogP contribution is -2.20. The van der Waals surface area contributed by atoms with Crippen LogP contribution in [0, 0.1) is 11.7 Å². The molecule has 1 aliphatic rings. The third-order valence-electron chi connectivity index (χ3n) is 6.42. The molecule has 1 aromatic heterocycles. The Labute approximate surface area is 219 Å². The highest BCUT2D eigenvalue weighted by Crippen LogP contribution is 2.36. The van der Waals surface area contributed by atoms with Crippen molar-refractivity contribution in [1.29, 1.82) is 0 Å². The van der Waals surface area contributed by atoms with Gasteiger partial charge in [0.15, 0.2) is 0 Å². The van der Waals surface area contributed by atoms with Crippen LogP contribution in [0.2, 0.25) is 5.02 Å². The second-order valence-corrected chi connectivity index (χ2v) is 9.36. The number of methoxy groups -OCH3 is 1. The summed E-state index contributed by atoms with van der Waals surface area (Å²) in [5.74, 6) is 1.27. The van der Waals surface area contributed by atoms with Crippen molar-refractivity contribution in [2.24, 2.45) is 5.92 Å². The van der Waals surface area contributed by atoms with E-state index in [9.17, 15) is 9.18 Å². The van der Waals surface area contributed by atoms with Gasteiger partial charge in [0.05, 0.1) is 23.3 Å². The number of benzene rings is 3. The number of nitrogens with one attached hydrogen (secondary N) is 2. The maximum Gasteiger partial charge on any atom is 0.227 e. The molecule has 0 bridgehead atoms. The molecule has 0 atom stereocenters. The molecule has 1 amide bonds. The summed E-state index contributed by atoms with van der Waals surface area (Å²) in [6.07, 6.45) is 5.41. The lowest BCUT2D eigenvalue weighted by Gasteiger charge is -2.16. The molecule has 190 valence electrons. The molecule has 0 aliphatic heterocycles. The molecule has 37 heavy (non-hydrogen) atoms. The average Bonchev–Trinajstić information content (AvgIpc) is 3.44. The molecule has 0 spiro atoms. The lowest BCUT2D eigenvalue weighted by molar-refractivity contribution is -0.119. The van der Waals surface area contributed by atoms with Gasteiger partial charge in [-0.1, -0.05) is 36.6 Å². The summed E-state index contributed by atoms with van der Waals surface area (Å²) in [5, 5.41) is 7.41. The Bertz CT molecular complexity index is 1440. The fourth-order valence-corrected chi connectivity index (χ4v) is 4.73. The average molecular weight is 521 g/mol. The molecular weight excluding hydrogens is 495 g/mol. The number of hydrogen-bond acceptors (Lipinski definition) is 6. The number of amides is 1. The Morgan fingerprint density at radius 3 is 2.68 bits per heavy atom. The van der Waals surface area contributed by atoms with Crippen molar-refractivity contribution in [2.75, 3.05) is 17.7 Å². The molecule has 5 rings (SSSR count). The Hall–Kier alpha value is -3.91. The van der Waals surface area contributed by atoms with Gasteiger partial charge < -0.3 is 20.1 Å². The van der Waals surface area contributed by atoms with Crippen LogP contribution in [0.1, 0.15) is 31.2 Å². The van der Waals surface area contributed by atoms with E-state index in [0.29, 0.717) is 50.2 Å². The monoisotopic (exact) mass is 520 g/mol. The first-order valence-corrected chi connectivity index (χ1v) is 12.5. The molecule has 1 aliphatic carbocycles. The normalized spacial score (nSPS) is 13.5. The topological polar surface area (TPSA) is 85.4 Å². The van der Waals surface area contributed by atoms with Crippen LogP contribution in [0.15, 0.2) is 60.9 Å². The first-order valence-electron chi connectivity index (χ1n) is 12.1. The fourth-order valence-electron chi connectivity index (χ4n) is 4.49. The van der Waals surface area contributed by atoms with Crippen LogP contribution >= 0.6 is 11.6 Å². The highest BCUT2D eigenvalue weighted by atomic mass is 35.5. The number of fused-ring (bicyclic) bond motifs is 1. The summed E-state index contributed by atoms with van der Waals surface area (Å²) < 4.78 is 24.7. The van der Waals surface area contributed by atoms with E-state index >= 15 is 0 Å². The van der Waals surface area contributed by atoms with E-state index in [2.05, 4.69) is 20.6 Å². The molecule has 0 radical (unpaired) electrons. The summed E-state index contributed by atoms with van der Waals surface area (Å²) in [4.78, 5) is 21.5. The summed E-state index contributed by atoms with van der Waals surface area (Å²) in [6, 6.07) is 15.1. The predicted molar refractivity (Wildman–Crippen MR) is 142 cm³/mol. The molecule has 3 aromatic carbocycles. The smallest absolute Gasteiger partial charge is 0.227 e. The second-order valence-electron chi connectivity index (χ2n) is 8.95. The zero-order chi connectivity index (χ0) is 25.8. The van der Waals surface area contributed by atoms with Crippen LogP contribution in [0.5, 0.6) is 11.5 Å². The zero-order valence-corrected chi connectivity index (χ0v) is 21.0. The van der Waals surface area contributed by atoms with E-state index in [-0.39, 0.29) is 24.2 Å². The Morgan fingerprint density at radius 2 is 1.92 bits per heavy atom. The molecule has 9 heteroatoms. The van der Waals surface area contributed by atoms with Gasteiger partial charge >= 0.3 is 0 Å². The minimum absolute atomic E-state index is 0.00196. The summed E-state index contributed by atoms with van der Waals surface area (Å²) in [5.41, 5.74) is 2.63. The summed E-state index contributed by atoms with van der Waals surface area (Å²) >= 11 is 6.46. The quantitative estimate of drug-likeness (QED) is 0.263. The van der Waals surface area contributed by atoms with E-state index < -0.39 is 0 Å². The number of anilines is 3. The van der Waals surface area contributed by atoms with Crippen LogP contribution in [-0.4, -0.2) is 23.0 Å². The maximum absolute atomic E-state index is 13.4. The Morgan fingerprint density at radius 1 is 1.08 bits per heavy atom. The molecule has 4 aromatic rings. The first kappa shape index (κ1) is 24.8. The molecule has 1 saturated carbocycles.